The lowest BCUT2D eigenvalue weighted by Gasteiger charge is -2.21. The first kappa shape index (κ1) is 21.7. The van der Waals surface area contributed by atoms with E-state index in [9.17, 15) is 13.2 Å². The second kappa shape index (κ2) is 12.0. The van der Waals surface area contributed by atoms with Crippen molar-refractivity contribution in [2.75, 3.05) is 19.8 Å². The van der Waals surface area contributed by atoms with Gasteiger partial charge in [-0.15, -0.1) is 0 Å². The molecule has 0 saturated carbocycles. The standard InChI is InChI=1S/C22H21F3O3/c23-22(24,25)19-12-11-13-20(18-19)26-15-8-5-3-1-2-4-6-9-16-27-21-14-7-10-17-28-21/h11-13,18,21H,3-4,7,10,14-17H2. The van der Waals surface area contributed by atoms with E-state index in [1.807, 2.05) is 0 Å². The molecule has 0 N–H and O–H groups in total. The van der Waals surface area contributed by atoms with Crippen molar-refractivity contribution in [1.82, 2.24) is 0 Å². The van der Waals surface area contributed by atoms with Gasteiger partial charge >= 0.3 is 6.18 Å². The molecular weight excluding hydrogens is 369 g/mol. The molecule has 0 bridgehead atoms. The molecule has 0 radical (unpaired) electrons. The second-order valence-corrected chi connectivity index (χ2v) is 5.84. The van der Waals surface area contributed by atoms with Crippen LogP contribution in [0.15, 0.2) is 24.3 Å². The number of ether oxygens (including phenoxy) is 3. The third kappa shape index (κ3) is 8.87. The maximum atomic E-state index is 12.6. The number of rotatable bonds is 4. The van der Waals surface area contributed by atoms with Crippen LogP contribution in [-0.2, 0) is 15.7 Å². The molecule has 0 amide bonds. The van der Waals surface area contributed by atoms with E-state index in [1.165, 1.54) is 12.1 Å². The van der Waals surface area contributed by atoms with Gasteiger partial charge in [0.15, 0.2) is 6.29 Å². The molecule has 1 fully saturated rings. The lowest BCUT2D eigenvalue weighted by molar-refractivity contribution is -0.154. The average Bonchev–Trinajstić information content (AvgIpc) is 2.69. The maximum absolute atomic E-state index is 12.6. The van der Waals surface area contributed by atoms with E-state index in [0.717, 1.165) is 38.0 Å². The van der Waals surface area contributed by atoms with Crippen LogP contribution >= 0.6 is 0 Å². The summed E-state index contributed by atoms with van der Waals surface area (Å²) in [4.78, 5) is 0. The fourth-order valence-electron chi connectivity index (χ4n) is 2.30. The Labute approximate surface area is 163 Å². The van der Waals surface area contributed by atoms with E-state index in [1.54, 1.807) is 0 Å². The molecule has 3 nitrogen and oxygen atoms in total. The van der Waals surface area contributed by atoms with E-state index >= 15 is 0 Å². The molecule has 0 spiro atoms. The second-order valence-electron chi connectivity index (χ2n) is 5.84. The largest absolute Gasteiger partial charge is 0.481 e. The van der Waals surface area contributed by atoms with Crippen LogP contribution in [-0.4, -0.2) is 26.1 Å². The fourth-order valence-corrected chi connectivity index (χ4v) is 2.30. The molecule has 1 aromatic rings. The quantitative estimate of drug-likeness (QED) is 0.713. The molecule has 0 aromatic heterocycles. The van der Waals surface area contributed by atoms with Crippen LogP contribution in [0.3, 0.4) is 0 Å². The van der Waals surface area contributed by atoms with Gasteiger partial charge in [0.25, 0.3) is 0 Å². The van der Waals surface area contributed by atoms with Gasteiger partial charge in [0, 0.05) is 6.61 Å². The predicted octanol–water partition coefficient (Wildman–Crippen LogP) is 4.42. The monoisotopic (exact) mass is 390 g/mol. The van der Waals surface area contributed by atoms with Crippen LogP contribution in [0.1, 0.15) is 37.7 Å². The van der Waals surface area contributed by atoms with Crippen molar-refractivity contribution in [3.8, 4) is 41.3 Å². The van der Waals surface area contributed by atoms with Gasteiger partial charge in [-0.05, 0) is 37.5 Å². The summed E-state index contributed by atoms with van der Waals surface area (Å²) >= 11 is 0. The highest BCUT2D eigenvalue weighted by atomic mass is 19.4. The van der Waals surface area contributed by atoms with Crippen LogP contribution in [0.5, 0.6) is 5.75 Å². The highest BCUT2D eigenvalue weighted by Gasteiger charge is 2.30. The molecule has 1 atom stereocenters. The summed E-state index contributed by atoms with van der Waals surface area (Å²) in [6, 6.07) is 4.70. The summed E-state index contributed by atoms with van der Waals surface area (Å²) < 4.78 is 53.9. The lowest BCUT2D eigenvalue weighted by Crippen LogP contribution is -2.22. The Morgan fingerprint density at radius 2 is 1.68 bits per heavy atom. The maximum Gasteiger partial charge on any atom is 0.416 e. The highest BCUT2D eigenvalue weighted by Crippen LogP contribution is 2.31. The molecular formula is C22H21F3O3. The van der Waals surface area contributed by atoms with Crippen molar-refractivity contribution >= 4 is 0 Å². The fraction of sp³-hybridized carbons (Fsp3) is 0.455. The predicted molar refractivity (Wildman–Crippen MR) is 99.0 cm³/mol. The smallest absolute Gasteiger partial charge is 0.416 e. The van der Waals surface area contributed by atoms with E-state index < -0.39 is 11.7 Å². The molecule has 0 aliphatic carbocycles. The lowest BCUT2D eigenvalue weighted by atomic mass is 10.2. The minimum Gasteiger partial charge on any atom is -0.481 e. The molecule has 28 heavy (non-hydrogen) atoms. The first-order valence-electron chi connectivity index (χ1n) is 8.96. The van der Waals surface area contributed by atoms with Gasteiger partial charge < -0.3 is 14.2 Å². The SMILES string of the molecule is FC(F)(F)c1cccc(OCC#CCC#CCC#CCOC2CCCCO2)c1. The third-order valence-electron chi connectivity index (χ3n) is 3.68. The van der Waals surface area contributed by atoms with Crippen molar-refractivity contribution in [1.29, 1.82) is 0 Å². The molecule has 6 heteroatoms. The minimum atomic E-state index is -4.39. The normalized spacial score (nSPS) is 15.9. The van der Waals surface area contributed by atoms with Gasteiger partial charge in [-0.1, -0.05) is 41.6 Å². The summed E-state index contributed by atoms with van der Waals surface area (Å²) in [5, 5.41) is 0. The Morgan fingerprint density at radius 3 is 2.36 bits per heavy atom. The number of alkyl halides is 3. The minimum absolute atomic E-state index is 0.00335. The van der Waals surface area contributed by atoms with Crippen LogP contribution in [0.25, 0.3) is 0 Å². The zero-order valence-corrected chi connectivity index (χ0v) is 15.4. The summed E-state index contributed by atoms with van der Waals surface area (Å²) in [5.74, 6) is 17.1. The molecule has 1 saturated heterocycles. The molecule has 1 aliphatic rings. The molecule has 148 valence electrons. The average molecular weight is 390 g/mol. The topological polar surface area (TPSA) is 27.7 Å². The summed E-state index contributed by atoms with van der Waals surface area (Å²) in [5.41, 5.74) is -0.749. The molecule has 1 unspecified atom stereocenters. The number of halogens is 3. The van der Waals surface area contributed by atoms with Crippen LogP contribution in [0, 0.1) is 35.5 Å². The van der Waals surface area contributed by atoms with Crippen LogP contribution < -0.4 is 4.74 Å². The van der Waals surface area contributed by atoms with Crippen LogP contribution in [0.2, 0.25) is 0 Å². The van der Waals surface area contributed by atoms with E-state index in [2.05, 4.69) is 35.5 Å². The van der Waals surface area contributed by atoms with E-state index in [0.29, 0.717) is 19.4 Å². The van der Waals surface area contributed by atoms with Crippen molar-refractivity contribution in [3.63, 3.8) is 0 Å². The van der Waals surface area contributed by atoms with Gasteiger partial charge in [0.05, 0.1) is 18.4 Å². The molecule has 1 aliphatic heterocycles. The van der Waals surface area contributed by atoms with E-state index in [-0.39, 0.29) is 18.6 Å². The third-order valence-corrected chi connectivity index (χ3v) is 3.68. The van der Waals surface area contributed by atoms with Crippen molar-refractivity contribution in [3.05, 3.63) is 29.8 Å². The number of hydrogen-bond donors (Lipinski definition) is 0. The highest BCUT2D eigenvalue weighted by molar-refractivity contribution is 5.30. The van der Waals surface area contributed by atoms with E-state index in [4.69, 9.17) is 14.2 Å². The van der Waals surface area contributed by atoms with Crippen molar-refractivity contribution in [2.24, 2.45) is 0 Å². The van der Waals surface area contributed by atoms with Crippen molar-refractivity contribution in [2.45, 2.75) is 44.6 Å². The van der Waals surface area contributed by atoms with Gasteiger partial charge in [-0.3, -0.25) is 0 Å². The Morgan fingerprint density at radius 1 is 0.964 bits per heavy atom. The van der Waals surface area contributed by atoms with Crippen LogP contribution in [0.4, 0.5) is 13.2 Å². The molecule has 1 aromatic carbocycles. The van der Waals surface area contributed by atoms with Gasteiger partial charge in [-0.25, -0.2) is 0 Å². The summed E-state index contributed by atoms with van der Waals surface area (Å²) in [6.07, 6.45) is -0.631. The van der Waals surface area contributed by atoms with Gasteiger partial charge in [-0.2, -0.15) is 13.2 Å². The Hall–Kier alpha value is -2.59. The van der Waals surface area contributed by atoms with Gasteiger partial charge in [0.1, 0.15) is 19.0 Å². The molecule has 2 rings (SSSR count). The first-order chi connectivity index (χ1) is 13.6. The summed E-state index contributed by atoms with van der Waals surface area (Å²) in [6.45, 7) is 1.08. The van der Waals surface area contributed by atoms with Gasteiger partial charge in [0.2, 0.25) is 0 Å². The Kier molecular flexibility index (Phi) is 9.29. The Bertz CT molecular complexity index is 792. The summed E-state index contributed by atoms with van der Waals surface area (Å²) in [7, 11) is 0. The first-order valence-corrected chi connectivity index (χ1v) is 8.96. The van der Waals surface area contributed by atoms with Crippen molar-refractivity contribution < 1.29 is 27.4 Å². The Balaban J connectivity index is 1.58. The zero-order chi connectivity index (χ0) is 20.1. The molecule has 1 heterocycles. The number of benzene rings is 1. The zero-order valence-electron chi connectivity index (χ0n) is 15.4. The number of hydrogen-bond acceptors (Lipinski definition) is 3.